The summed E-state index contributed by atoms with van der Waals surface area (Å²) in [5, 5.41) is 12.0. The molecule has 0 aliphatic rings. The molecule has 84 valence electrons. The monoisotopic (exact) mass is 275 g/mol. The fraction of sp³-hybridized carbons (Fsp3) is 0.556. The molecule has 0 fully saturated rings. The van der Waals surface area contributed by atoms with E-state index in [1.54, 1.807) is 13.3 Å². The van der Waals surface area contributed by atoms with Crippen molar-refractivity contribution in [1.82, 2.24) is 9.97 Å². The van der Waals surface area contributed by atoms with E-state index in [1.807, 2.05) is 6.92 Å². The zero-order valence-electron chi connectivity index (χ0n) is 8.70. The minimum atomic E-state index is -0.0316. The van der Waals surface area contributed by atoms with Gasteiger partial charge in [-0.1, -0.05) is 6.92 Å². The molecule has 1 atom stereocenters. The number of aliphatic hydroxyl groups excluding tert-OH is 1. The van der Waals surface area contributed by atoms with E-state index in [0.29, 0.717) is 16.3 Å². The van der Waals surface area contributed by atoms with Crippen molar-refractivity contribution in [2.24, 2.45) is 0 Å². The standard InChI is InChI=1S/C9H14BrN3O2/c1-3-6(5-14)12-9-11-4-7(10)8(13-9)15-2/h4,6,14H,3,5H2,1-2H3,(H,11,12,13). The van der Waals surface area contributed by atoms with E-state index in [9.17, 15) is 0 Å². The Labute approximate surface area is 97.0 Å². The Hall–Kier alpha value is -0.880. The first kappa shape index (κ1) is 12.2. The third kappa shape index (κ3) is 3.32. The van der Waals surface area contributed by atoms with E-state index in [1.165, 1.54) is 0 Å². The van der Waals surface area contributed by atoms with E-state index in [-0.39, 0.29) is 12.6 Å². The van der Waals surface area contributed by atoms with Crippen LogP contribution in [0.1, 0.15) is 13.3 Å². The van der Waals surface area contributed by atoms with Crippen LogP contribution in [-0.2, 0) is 0 Å². The third-order valence-corrected chi connectivity index (χ3v) is 2.50. The fourth-order valence-corrected chi connectivity index (χ4v) is 1.38. The summed E-state index contributed by atoms with van der Waals surface area (Å²) in [6.45, 7) is 2.03. The van der Waals surface area contributed by atoms with Crippen LogP contribution in [0, 0.1) is 0 Å². The molecule has 1 aromatic rings. The number of rotatable bonds is 5. The first-order chi connectivity index (χ1) is 7.21. The molecule has 0 bridgehead atoms. The average molecular weight is 276 g/mol. The molecular weight excluding hydrogens is 262 g/mol. The van der Waals surface area contributed by atoms with Crippen LogP contribution >= 0.6 is 15.9 Å². The molecule has 0 radical (unpaired) electrons. The molecule has 1 aromatic heterocycles. The number of ether oxygens (including phenoxy) is 1. The molecule has 0 aliphatic carbocycles. The van der Waals surface area contributed by atoms with E-state index in [2.05, 4.69) is 31.2 Å². The van der Waals surface area contributed by atoms with Crippen LogP contribution in [0.4, 0.5) is 5.95 Å². The Morgan fingerprint density at radius 2 is 2.40 bits per heavy atom. The molecule has 0 amide bonds. The number of aliphatic hydroxyl groups is 1. The van der Waals surface area contributed by atoms with Gasteiger partial charge in [-0.25, -0.2) is 4.98 Å². The lowest BCUT2D eigenvalue weighted by Crippen LogP contribution is -2.23. The minimum absolute atomic E-state index is 0.0316. The summed E-state index contributed by atoms with van der Waals surface area (Å²) in [5.74, 6) is 0.927. The number of anilines is 1. The Kier molecular flexibility index (Phi) is 4.77. The zero-order chi connectivity index (χ0) is 11.3. The van der Waals surface area contributed by atoms with Gasteiger partial charge in [0.2, 0.25) is 11.8 Å². The van der Waals surface area contributed by atoms with Gasteiger partial charge in [0.15, 0.2) is 0 Å². The van der Waals surface area contributed by atoms with Gasteiger partial charge in [-0.2, -0.15) is 4.98 Å². The average Bonchev–Trinajstić information content (AvgIpc) is 2.28. The maximum atomic E-state index is 9.01. The SMILES string of the molecule is CCC(CO)Nc1ncc(Br)c(OC)n1. The summed E-state index contributed by atoms with van der Waals surface area (Å²) in [6, 6.07) is -0.0316. The van der Waals surface area contributed by atoms with Gasteiger partial charge in [-0.3, -0.25) is 0 Å². The van der Waals surface area contributed by atoms with E-state index < -0.39 is 0 Å². The summed E-state index contributed by atoms with van der Waals surface area (Å²) in [7, 11) is 1.54. The van der Waals surface area contributed by atoms with Gasteiger partial charge in [0.05, 0.1) is 30.4 Å². The van der Waals surface area contributed by atoms with Crippen LogP contribution in [-0.4, -0.2) is 34.8 Å². The first-order valence-electron chi connectivity index (χ1n) is 4.65. The predicted molar refractivity (Wildman–Crippen MR) is 61.1 cm³/mol. The quantitative estimate of drug-likeness (QED) is 0.851. The maximum absolute atomic E-state index is 9.01. The Morgan fingerprint density at radius 3 is 2.93 bits per heavy atom. The van der Waals surface area contributed by atoms with Crippen LogP contribution in [0.5, 0.6) is 5.88 Å². The van der Waals surface area contributed by atoms with E-state index >= 15 is 0 Å². The van der Waals surface area contributed by atoms with Gasteiger partial charge >= 0.3 is 0 Å². The highest BCUT2D eigenvalue weighted by Gasteiger charge is 2.08. The maximum Gasteiger partial charge on any atom is 0.232 e. The lowest BCUT2D eigenvalue weighted by molar-refractivity contribution is 0.271. The second-order valence-corrected chi connectivity index (χ2v) is 3.84. The fourth-order valence-electron chi connectivity index (χ4n) is 1.02. The Morgan fingerprint density at radius 1 is 1.67 bits per heavy atom. The van der Waals surface area contributed by atoms with Crippen molar-refractivity contribution >= 4 is 21.9 Å². The van der Waals surface area contributed by atoms with Crippen LogP contribution in [0.2, 0.25) is 0 Å². The van der Waals surface area contributed by atoms with Crippen LogP contribution in [0.15, 0.2) is 10.7 Å². The van der Waals surface area contributed by atoms with Gasteiger partial charge < -0.3 is 15.2 Å². The first-order valence-corrected chi connectivity index (χ1v) is 5.44. The minimum Gasteiger partial charge on any atom is -0.480 e. The molecule has 1 heterocycles. The third-order valence-electron chi connectivity index (χ3n) is 1.95. The summed E-state index contributed by atoms with van der Waals surface area (Å²) < 4.78 is 5.74. The molecule has 2 N–H and O–H groups in total. The van der Waals surface area contributed by atoms with Crippen LogP contribution < -0.4 is 10.1 Å². The molecule has 15 heavy (non-hydrogen) atoms. The highest BCUT2D eigenvalue weighted by molar-refractivity contribution is 9.10. The highest BCUT2D eigenvalue weighted by atomic mass is 79.9. The number of halogens is 1. The molecule has 0 aromatic carbocycles. The summed E-state index contributed by atoms with van der Waals surface area (Å²) in [6.07, 6.45) is 2.41. The Bertz CT molecular complexity index is 318. The second kappa shape index (κ2) is 5.87. The highest BCUT2D eigenvalue weighted by Crippen LogP contribution is 2.22. The molecule has 5 nitrogen and oxygen atoms in total. The van der Waals surface area contributed by atoms with Gasteiger partial charge in [0.1, 0.15) is 0 Å². The summed E-state index contributed by atoms with van der Waals surface area (Å²) in [5.41, 5.74) is 0. The lowest BCUT2D eigenvalue weighted by atomic mass is 10.2. The van der Waals surface area contributed by atoms with Crippen LogP contribution in [0.3, 0.4) is 0 Å². The van der Waals surface area contributed by atoms with Gasteiger partial charge in [-0.15, -0.1) is 0 Å². The van der Waals surface area contributed by atoms with Gasteiger partial charge in [0, 0.05) is 0 Å². The number of nitrogens with one attached hydrogen (secondary N) is 1. The molecular formula is C9H14BrN3O2. The predicted octanol–water partition coefficient (Wildman–Crippen LogP) is 1.43. The van der Waals surface area contributed by atoms with E-state index in [4.69, 9.17) is 9.84 Å². The second-order valence-electron chi connectivity index (χ2n) is 2.98. The molecule has 0 saturated heterocycles. The molecule has 1 unspecified atom stereocenters. The number of aromatic nitrogens is 2. The molecule has 0 saturated carbocycles. The lowest BCUT2D eigenvalue weighted by Gasteiger charge is -2.14. The van der Waals surface area contributed by atoms with Crippen molar-refractivity contribution < 1.29 is 9.84 Å². The smallest absolute Gasteiger partial charge is 0.232 e. The number of methoxy groups -OCH3 is 1. The largest absolute Gasteiger partial charge is 0.480 e. The van der Waals surface area contributed by atoms with Crippen molar-refractivity contribution in [3.8, 4) is 5.88 Å². The molecule has 0 aliphatic heterocycles. The van der Waals surface area contributed by atoms with Crippen LogP contribution in [0.25, 0.3) is 0 Å². The summed E-state index contributed by atoms with van der Waals surface area (Å²) >= 11 is 3.26. The number of nitrogens with zero attached hydrogens (tertiary/aromatic N) is 2. The summed E-state index contributed by atoms with van der Waals surface area (Å²) in [4.78, 5) is 8.19. The number of hydrogen-bond donors (Lipinski definition) is 2. The zero-order valence-corrected chi connectivity index (χ0v) is 10.3. The Balaban J connectivity index is 2.77. The molecule has 0 spiro atoms. The topological polar surface area (TPSA) is 67.3 Å². The van der Waals surface area contributed by atoms with Gasteiger partial charge in [-0.05, 0) is 22.4 Å². The van der Waals surface area contributed by atoms with Crippen molar-refractivity contribution in [2.45, 2.75) is 19.4 Å². The molecule has 1 rings (SSSR count). The van der Waals surface area contributed by atoms with Gasteiger partial charge in [0.25, 0.3) is 0 Å². The number of hydrogen-bond acceptors (Lipinski definition) is 5. The van der Waals surface area contributed by atoms with Crippen molar-refractivity contribution in [3.05, 3.63) is 10.7 Å². The van der Waals surface area contributed by atoms with Crippen molar-refractivity contribution in [3.63, 3.8) is 0 Å². The van der Waals surface area contributed by atoms with Crippen molar-refractivity contribution in [2.75, 3.05) is 19.0 Å². The molecule has 6 heteroatoms. The van der Waals surface area contributed by atoms with Crippen molar-refractivity contribution in [1.29, 1.82) is 0 Å². The van der Waals surface area contributed by atoms with E-state index in [0.717, 1.165) is 6.42 Å². The normalized spacial score (nSPS) is 12.3.